The number of phenolic OH excluding ortho intramolecular Hbond substituents is 1. The van der Waals surface area contributed by atoms with E-state index in [0.29, 0.717) is 16.5 Å². The van der Waals surface area contributed by atoms with Gasteiger partial charge in [0, 0.05) is 23.5 Å². The Hall–Kier alpha value is -5.43. The van der Waals surface area contributed by atoms with Gasteiger partial charge in [0.2, 0.25) is 0 Å². The van der Waals surface area contributed by atoms with E-state index in [4.69, 9.17) is 0 Å². The van der Waals surface area contributed by atoms with Gasteiger partial charge in [-0.1, -0.05) is 43.3 Å². The van der Waals surface area contributed by atoms with Gasteiger partial charge in [0.1, 0.15) is 17.3 Å². The maximum absolute atomic E-state index is 13.1. The van der Waals surface area contributed by atoms with Gasteiger partial charge in [0.15, 0.2) is 11.6 Å². The summed E-state index contributed by atoms with van der Waals surface area (Å²) in [5.74, 6) is -0.549. The molecule has 0 radical (unpaired) electrons. The first kappa shape index (κ1) is 23.3. The van der Waals surface area contributed by atoms with E-state index in [1.807, 2.05) is 42.5 Å². The fourth-order valence-electron chi connectivity index (χ4n) is 3.78. The van der Waals surface area contributed by atoms with Crippen molar-refractivity contribution in [3.63, 3.8) is 0 Å². The Bertz CT molecular complexity index is 1670. The lowest BCUT2D eigenvalue weighted by molar-refractivity contribution is 0.102. The van der Waals surface area contributed by atoms with Crippen LogP contribution in [0, 0.1) is 11.3 Å². The maximum atomic E-state index is 13.1. The molecule has 37 heavy (non-hydrogen) atoms. The van der Waals surface area contributed by atoms with Gasteiger partial charge in [0.25, 0.3) is 11.9 Å². The summed E-state index contributed by atoms with van der Waals surface area (Å²) in [6.45, 7) is 2.05. The van der Waals surface area contributed by atoms with Gasteiger partial charge in [-0.05, 0) is 41.6 Å². The summed E-state index contributed by atoms with van der Waals surface area (Å²) in [6.07, 6.45) is 5.29. The van der Waals surface area contributed by atoms with Gasteiger partial charge in [-0.2, -0.15) is 15.0 Å². The molecule has 0 aliphatic carbocycles. The molecule has 0 saturated heterocycles. The van der Waals surface area contributed by atoms with Crippen molar-refractivity contribution < 1.29 is 9.90 Å². The zero-order chi connectivity index (χ0) is 25.8. The van der Waals surface area contributed by atoms with E-state index in [1.165, 1.54) is 23.3 Å². The van der Waals surface area contributed by atoms with Crippen molar-refractivity contribution in [3.05, 3.63) is 95.9 Å². The maximum Gasteiger partial charge on any atom is 0.259 e. The molecule has 2 aromatic heterocycles. The molecule has 0 spiro atoms. The Labute approximate surface area is 211 Å². The quantitative estimate of drug-likeness (QED) is 0.297. The Morgan fingerprint density at radius 2 is 1.84 bits per heavy atom. The number of aromatic nitrogens is 4. The predicted octanol–water partition coefficient (Wildman–Crippen LogP) is 5.62. The highest BCUT2D eigenvalue weighted by atomic mass is 16.3. The van der Waals surface area contributed by atoms with Crippen molar-refractivity contribution in [1.29, 1.82) is 5.26 Å². The zero-order valence-electron chi connectivity index (χ0n) is 19.7. The first-order chi connectivity index (χ1) is 18.1. The summed E-state index contributed by atoms with van der Waals surface area (Å²) >= 11 is 0. The van der Waals surface area contributed by atoms with Crippen molar-refractivity contribution in [2.45, 2.75) is 13.3 Å². The molecule has 10 heteroatoms. The van der Waals surface area contributed by atoms with Crippen LogP contribution in [0.2, 0.25) is 0 Å². The van der Waals surface area contributed by atoms with E-state index >= 15 is 0 Å². The number of phenols is 1. The number of fused-ring (bicyclic) bond motifs is 1. The summed E-state index contributed by atoms with van der Waals surface area (Å²) in [7, 11) is 0. The number of rotatable bonds is 6. The van der Waals surface area contributed by atoms with Crippen molar-refractivity contribution in [1.82, 2.24) is 19.7 Å². The molecule has 2 N–H and O–H groups in total. The van der Waals surface area contributed by atoms with Crippen LogP contribution >= 0.6 is 0 Å². The number of nitrogens with one attached hydrogen (secondary N) is 1. The average Bonchev–Trinajstić information content (AvgIpc) is 3.36. The minimum Gasteiger partial charge on any atom is -0.505 e. The Morgan fingerprint density at radius 3 is 2.57 bits per heavy atom. The third kappa shape index (κ3) is 4.61. The number of carbonyl (C=O) groups is 1. The molecular weight excluding hydrogens is 468 g/mol. The molecule has 5 rings (SSSR count). The van der Waals surface area contributed by atoms with E-state index in [9.17, 15) is 15.2 Å². The van der Waals surface area contributed by atoms with Gasteiger partial charge in [-0.3, -0.25) is 4.79 Å². The summed E-state index contributed by atoms with van der Waals surface area (Å²) in [5.41, 5.74) is 2.00. The van der Waals surface area contributed by atoms with E-state index in [0.717, 1.165) is 12.0 Å². The second-order valence-electron chi connectivity index (χ2n) is 8.00. The number of amides is 1. The number of hydrogen-bond acceptors (Lipinski definition) is 8. The standard InChI is InChI=1S/C27H20N8O2/c1-2-17-8-10-20(11-9-17)32-26(37)22-14-18-6-3-4-7-21(18)23(24(22)36)33-34-25-19(15-28)16-31-35(25)27-29-12-5-13-30-27/h3-14,16,36H,2H2,1H3,(H,32,37)/b34-33+. The van der Waals surface area contributed by atoms with Crippen LogP contribution in [0.5, 0.6) is 5.75 Å². The fourth-order valence-corrected chi connectivity index (χ4v) is 3.78. The van der Waals surface area contributed by atoms with Crippen LogP contribution < -0.4 is 5.32 Å². The number of azo groups is 1. The van der Waals surface area contributed by atoms with Gasteiger partial charge in [0.05, 0.1) is 11.8 Å². The third-order valence-corrected chi connectivity index (χ3v) is 5.71. The fraction of sp³-hybridized carbons (Fsp3) is 0.0741. The van der Waals surface area contributed by atoms with E-state index in [1.54, 1.807) is 24.3 Å². The molecule has 10 nitrogen and oxygen atoms in total. The first-order valence-electron chi connectivity index (χ1n) is 11.4. The third-order valence-electron chi connectivity index (χ3n) is 5.71. The molecule has 0 aliphatic rings. The van der Waals surface area contributed by atoms with Gasteiger partial charge >= 0.3 is 0 Å². The molecule has 2 heterocycles. The molecule has 0 bridgehead atoms. The number of carbonyl (C=O) groups excluding carboxylic acids is 1. The van der Waals surface area contributed by atoms with Crippen LogP contribution in [-0.4, -0.2) is 30.8 Å². The summed E-state index contributed by atoms with van der Waals surface area (Å²) in [5, 5.41) is 37.4. The smallest absolute Gasteiger partial charge is 0.259 e. The number of nitriles is 1. The summed E-state index contributed by atoms with van der Waals surface area (Å²) in [4.78, 5) is 21.4. The predicted molar refractivity (Wildman–Crippen MR) is 137 cm³/mol. The second kappa shape index (κ2) is 10.1. The molecule has 5 aromatic rings. The number of benzene rings is 3. The van der Waals surface area contributed by atoms with Gasteiger partial charge < -0.3 is 10.4 Å². The molecule has 0 unspecified atom stereocenters. The lowest BCUT2D eigenvalue weighted by Crippen LogP contribution is -2.12. The lowest BCUT2D eigenvalue weighted by Gasteiger charge is -2.11. The second-order valence-corrected chi connectivity index (χ2v) is 8.00. The number of nitrogens with zero attached hydrogens (tertiary/aromatic N) is 7. The van der Waals surface area contributed by atoms with E-state index in [-0.39, 0.29) is 34.3 Å². The average molecular weight is 489 g/mol. The molecule has 0 saturated carbocycles. The molecule has 0 atom stereocenters. The highest BCUT2D eigenvalue weighted by Gasteiger charge is 2.20. The Balaban J connectivity index is 1.58. The minimum atomic E-state index is -0.496. The number of anilines is 1. The topological polar surface area (TPSA) is 141 Å². The highest BCUT2D eigenvalue weighted by Crippen LogP contribution is 2.40. The van der Waals surface area contributed by atoms with Crippen LogP contribution in [0.25, 0.3) is 16.7 Å². The van der Waals surface area contributed by atoms with Gasteiger partial charge in [-0.15, -0.1) is 10.2 Å². The molecule has 1 amide bonds. The first-order valence-corrected chi connectivity index (χ1v) is 11.4. The van der Waals surface area contributed by atoms with Crippen LogP contribution in [0.3, 0.4) is 0 Å². The molecule has 180 valence electrons. The van der Waals surface area contributed by atoms with Crippen molar-refractivity contribution in [3.8, 4) is 17.8 Å². The molecule has 0 aliphatic heterocycles. The SMILES string of the molecule is CCc1ccc(NC(=O)c2cc3ccccc3c(/N=N/c3c(C#N)cnn3-c3ncccn3)c2O)cc1. The monoisotopic (exact) mass is 488 g/mol. The normalized spacial score (nSPS) is 11.0. The Morgan fingerprint density at radius 1 is 1.08 bits per heavy atom. The lowest BCUT2D eigenvalue weighted by atomic mass is 10.0. The van der Waals surface area contributed by atoms with E-state index in [2.05, 4.69) is 37.5 Å². The zero-order valence-corrected chi connectivity index (χ0v) is 19.7. The van der Waals surface area contributed by atoms with Crippen molar-refractivity contribution in [2.75, 3.05) is 5.32 Å². The highest BCUT2D eigenvalue weighted by molar-refractivity contribution is 6.11. The van der Waals surface area contributed by atoms with Gasteiger partial charge in [-0.25, -0.2) is 9.97 Å². The van der Waals surface area contributed by atoms with Crippen molar-refractivity contribution in [2.24, 2.45) is 10.2 Å². The van der Waals surface area contributed by atoms with E-state index < -0.39 is 5.91 Å². The minimum absolute atomic E-state index is 0.0348. The van der Waals surface area contributed by atoms with Crippen LogP contribution in [0.1, 0.15) is 28.4 Å². The van der Waals surface area contributed by atoms with Crippen LogP contribution in [0.4, 0.5) is 17.2 Å². The summed E-state index contributed by atoms with van der Waals surface area (Å²) in [6, 6.07) is 19.9. The van der Waals surface area contributed by atoms with Crippen LogP contribution in [-0.2, 0) is 6.42 Å². The number of aryl methyl sites for hydroxylation is 1. The number of hydrogen-bond donors (Lipinski definition) is 2. The molecule has 0 fully saturated rings. The molecular formula is C27H20N8O2. The largest absolute Gasteiger partial charge is 0.505 e. The summed E-state index contributed by atoms with van der Waals surface area (Å²) < 4.78 is 1.28. The number of aromatic hydroxyl groups is 1. The molecule has 3 aromatic carbocycles. The Kier molecular flexibility index (Phi) is 6.33. The van der Waals surface area contributed by atoms with Crippen molar-refractivity contribution >= 4 is 33.9 Å². The van der Waals surface area contributed by atoms with Crippen LogP contribution in [0.15, 0.2) is 89.5 Å².